The molecule has 3 aromatic carbocycles. The molecular formula is C21H21PbS. The van der Waals surface area contributed by atoms with Crippen molar-refractivity contribution in [3.8, 4) is 0 Å². The summed E-state index contributed by atoms with van der Waals surface area (Å²) in [5.41, 5.74) is 1.33. The van der Waals surface area contributed by atoms with Gasteiger partial charge in [-0.25, -0.2) is 0 Å². The molecule has 0 saturated heterocycles. The summed E-state index contributed by atoms with van der Waals surface area (Å²) < 4.78 is 4.61. The molecule has 3 rings (SSSR count). The van der Waals surface area contributed by atoms with E-state index in [-0.39, 0.29) is 0 Å². The molecule has 0 fully saturated rings. The molecule has 3 aromatic rings. The number of thiol groups is 1. The van der Waals surface area contributed by atoms with Crippen LogP contribution >= 0.6 is 12.6 Å². The van der Waals surface area contributed by atoms with Crippen LogP contribution in [0.5, 0.6) is 0 Å². The topological polar surface area (TPSA) is 0 Å². The second-order valence-electron chi connectivity index (χ2n) is 5.65. The first-order valence-corrected chi connectivity index (χ1v) is 14.4. The molecule has 0 aromatic heterocycles. The van der Waals surface area contributed by atoms with Crippen molar-refractivity contribution in [1.29, 1.82) is 0 Å². The van der Waals surface area contributed by atoms with Crippen LogP contribution in [0.15, 0.2) is 84.9 Å². The van der Waals surface area contributed by atoms with Gasteiger partial charge in [0, 0.05) is 0 Å². The van der Waals surface area contributed by atoms with E-state index in [1.54, 1.807) is 0 Å². The van der Waals surface area contributed by atoms with Crippen molar-refractivity contribution in [2.45, 2.75) is 18.6 Å². The maximum atomic E-state index is 4.66. The molecule has 0 aliphatic carbocycles. The Morgan fingerprint density at radius 2 is 1.13 bits per heavy atom. The Hall–Kier alpha value is -1.07. The van der Waals surface area contributed by atoms with Crippen LogP contribution in [0.25, 0.3) is 0 Å². The third-order valence-corrected chi connectivity index (χ3v) is 15.4. The zero-order valence-electron chi connectivity index (χ0n) is 13.3. The predicted molar refractivity (Wildman–Crippen MR) is 106 cm³/mol. The second-order valence-corrected chi connectivity index (χ2v) is 15.9. The van der Waals surface area contributed by atoms with Crippen LogP contribution in [-0.2, 0) is 0 Å². The van der Waals surface area contributed by atoms with Crippen molar-refractivity contribution in [2.24, 2.45) is 0 Å². The quantitative estimate of drug-likeness (QED) is 0.392. The van der Waals surface area contributed by atoms with Gasteiger partial charge in [0.05, 0.1) is 0 Å². The van der Waals surface area contributed by atoms with E-state index in [1.807, 2.05) is 0 Å². The van der Waals surface area contributed by atoms with E-state index in [0.717, 1.165) is 6.42 Å². The summed E-state index contributed by atoms with van der Waals surface area (Å²) in [6.07, 6.45) is 1.06. The van der Waals surface area contributed by atoms with Gasteiger partial charge in [-0.3, -0.25) is 0 Å². The van der Waals surface area contributed by atoms with Crippen molar-refractivity contribution >= 4 is 44.7 Å². The first-order chi connectivity index (χ1) is 11.3. The van der Waals surface area contributed by atoms with Crippen molar-refractivity contribution in [3.63, 3.8) is 0 Å². The van der Waals surface area contributed by atoms with E-state index in [2.05, 4.69) is 104 Å². The van der Waals surface area contributed by atoms with E-state index in [0.29, 0.717) is 5.25 Å². The summed E-state index contributed by atoms with van der Waals surface area (Å²) in [7, 11) is 0. The van der Waals surface area contributed by atoms with E-state index in [4.69, 9.17) is 0 Å². The summed E-state index contributed by atoms with van der Waals surface area (Å²) in [5, 5.41) is 0.339. The number of hydrogen-bond acceptors (Lipinski definition) is 1. The van der Waals surface area contributed by atoms with Crippen LogP contribution in [0.4, 0.5) is 0 Å². The van der Waals surface area contributed by atoms with Gasteiger partial charge in [-0.15, -0.1) is 0 Å². The molecule has 1 atom stereocenters. The molecule has 1 unspecified atom stereocenters. The van der Waals surface area contributed by atoms with Crippen LogP contribution < -0.4 is 9.37 Å². The molecule has 115 valence electrons. The number of rotatable bonds is 5. The number of hydrogen-bond donors (Lipinski definition) is 1. The Balaban J connectivity index is 2.02. The van der Waals surface area contributed by atoms with Crippen molar-refractivity contribution in [3.05, 3.63) is 90.5 Å². The maximum absolute atomic E-state index is 4.66. The van der Waals surface area contributed by atoms with Gasteiger partial charge in [0.1, 0.15) is 0 Å². The van der Waals surface area contributed by atoms with Crippen molar-refractivity contribution < 1.29 is 0 Å². The molecule has 0 bridgehead atoms. The Morgan fingerprint density at radius 3 is 1.57 bits per heavy atom. The fourth-order valence-electron chi connectivity index (χ4n) is 2.82. The van der Waals surface area contributed by atoms with Gasteiger partial charge in [0.2, 0.25) is 0 Å². The molecule has 0 aliphatic heterocycles. The molecule has 0 heterocycles. The van der Waals surface area contributed by atoms with Gasteiger partial charge in [-0.2, -0.15) is 0 Å². The third-order valence-electron chi connectivity index (χ3n) is 4.10. The molecule has 0 aliphatic rings. The summed E-state index contributed by atoms with van der Waals surface area (Å²) in [6.45, 7) is 2.18. The number of benzene rings is 3. The molecule has 0 N–H and O–H groups in total. The Morgan fingerprint density at radius 1 is 0.696 bits per heavy atom. The molecule has 0 nitrogen and oxygen atoms in total. The van der Waals surface area contributed by atoms with E-state index in [1.165, 1.54) is 14.9 Å². The monoisotopic (exact) mass is 513 g/mol. The first kappa shape index (κ1) is 16.8. The van der Waals surface area contributed by atoms with Gasteiger partial charge in [-0.1, -0.05) is 0 Å². The third kappa shape index (κ3) is 4.07. The molecule has 2 heteroatoms. The molecule has 0 saturated carbocycles. The van der Waals surface area contributed by atoms with Crippen LogP contribution in [-0.4, -0.2) is 22.7 Å². The SMILES string of the molecule is CCC(S)c1cc[c]([Pb]([c]2ccccc2)[c]2ccccc2)cc1. The Labute approximate surface area is 153 Å². The van der Waals surface area contributed by atoms with Gasteiger partial charge < -0.3 is 0 Å². The van der Waals surface area contributed by atoms with Crippen LogP contribution in [0, 0.1) is 0 Å². The van der Waals surface area contributed by atoms with Crippen molar-refractivity contribution in [1.82, 2.24) is 0 Å². The molecule has 0 spiro atoms. The van der Waals surface area contributed by atoms with Crippen molar-refractivity contribution in [2.75, 3.05) is 0 Å². The van der Waals surface area contributed by atoms with E-state index >= 15 is 0 Å². The van der Waals surface area contributed by atoms with Gasteiger partial charge >= 0.3 is 154 Å². The molecule has 1 radical (unpaired) electrons. The fourth-order valence-corrected chi connectivity index (χ4v) is 12.9. The van der Waals surface area contributed by atoms with Crippen LogP contribution in [0.1, 0.15) is 24.2 Å². The zero-order chi connectivity index (χ0) is 16.1. The summed E-state index contributed by atoms with van der Waals surface area (Å²) >= 11 is 2.38. The summed E-state index contributed by atoms with van der Waals surface area (Å²) in [5.74, 6) is 0. The summed E-state index contributed by atoms with van der Waals surface area (Å²) in [4.78, 5) is 0. The second kappa shape index (κ2) is 8.16. The van der Waals surface area contributed by atoms with Gasteiger partial charge in [0.15, 0.2) is 0 Å². The zero-order valence-corrected chi connectivity index (χ0v) is 18.1. The Kier molecular flexibility index (Phi) is 5.95. The molecule has 23 heavy (non-hydrogen) atoms. The van der Waals surface area contributed by atoms with Gasteiger partial charge in [-0.05, 0) is 0 Å². The Bertz CT molecular complexity index is 683. The minimum atomic E-state index is -2.28. The fraction of sp³-hybridized carbons (Fsp3) is 0.143. The van der Waals surface area contributed by atoms with E-state index < -0.39 is 22.7 Å². The molecule has 0 amide bonds. The average molecular weight is 513 g/mol. The molecular weight excluding hydrogens is 491 g/mol. The van der Waals surface area contributed by atoms with Gasteiger partial charge in [0.25, 0.3) is 0 Å². The van der Waals surface area contributed by atoms with Crippen LogP contribution in [0.3, 0.4) is 0 Å². The first-order valence-electron chi connectivity index (χ1n) is 8.05. The average Bonchev–Trinajstić information content (AvgIpc) is 2.64. The van der Waals surface area contributed by atoms with Crippen LogP contribution in [0.2, 0.25) is 0 Å². The standard InChI is InChI=1S/C9H11S.2C6H5.Pb/c1-2-9(10)8-6-4-3-5-7-8;2*1-2-4-6-5-3-1;/h4-7,9-10H,2H2,1H3;2*1-5H;. The van der Waals surface area contributed by atoms with E-state index in [9.17, 15) is 0 Å². The minimum absolute atomic E-state index is 0.339. The predicted octanol–water partition coefficient (Wildman–Crippen LogP) is 3.58. The normalized spacial score (nSPS) is 12.3. The summed E-state index contributed by atoms with van der Waals surface area (Å²) in [6, 6.07) is 31.3.